The molecule has 0 aliphatic rings. The number of unbranched alkanes of at least 4 members (excludes halogenated alkanes) is 22. The number of rotatable bonds is 58. The molecule has 71 heavy (non-hydrogen) atoms. The van der Waals surface area contributed by atoms with E-state index in [0.29, 0.717) is 52.3 Å². The number of hydrogen-bond acceptors (Lipinski definition) is 11. The molecule has 0 heterocycles. The maximum absolute atomic E-state index is 12.8. The molecule has 0 rings (SSSR count). The van der Waals surface area contributed by atoms with Crippen LogP contribution in [0.25, 0.3) is 0 Å². The van der Waals surface area contributed by atoms with Crippen molar-refractivity contribution >= 4 is 18.4 Å². The van der Waals surface area contributed by atoms with Crippen molar-refractivity contribution in [1.82, 2.24) is 9.80 Å². The van der Waals surface area contributed by atoms with Gasteiger partial charge in [0.1, 0.15) is 0 Å². The van der Waals surface area contributed by atoms with E-state index in [-0.39, 0.29) is 30.8 Å². The van der Waals surface area contributed by atoms with Crippen molar-refractivity contribution in [2.75, 3.05) is 78.9 Å². The van der Waals surface area contributed by atoms with E-state index in [1.807, 2.05) is 0 Å². The van der Waals surface area contributed by atoms with Gasteiger partial charge in [-0.25, -0.2) is 0 Å². The summed E-state index contributed by atoms with van der Waals surface area (Å²) in [4.78, 5) is 40.9. The molecular formula is C60H114N2O9. The van der Waals surface area contributed by atoms with Gasteiger partial charge in [-0.05, 0) is 122 Å². The summed E-state index contributed by atoms with van der Waals surface area (Å²) in [5.74, 6) is -0.0519. The van der Waals surface area contributed by atoms with Crippen LogP contribution in [-0.2, 0) is 38.1 Å². The first-order valence-corrected chi connectivity index (χ1v) is 29.9. The minimum absolute atomic E-state index is 0.0335. The van der Waals surface area contributed by atoms with Gasteiger partial charge < -0.3 is 33.7 Å². The Hall–Kier alpha value is -2.31. The third-order valence-electron chi connectivity index (χ3n) is 13.4. The fourth-order valence-electron chi connectivity index (χ4n) is 8.86. The summed E-state index contributed by atoms with van der Waals surface area (Å²) in [6.45, 7) is 18.1. The minimum atomic E-state index is -0.368. The van der Waals surface area contributed by atoms with Gasteiger partial charge in [0.05, 0.1) is 38.8 Å². The van der Waals surface area contributed by atoms with E-state index in [1.165, 1.54) is 51.4 Å². The lowest BCUT2D eigenvalue weighted by Crippen LogP contribution is -2.38. The molecule has 0 saturated carbocycles. The van der Waals surface area contributed by atoms with Gasteiger partial charge >= 0.3 is 11.9 Å². The molecule has 0 aromatic carbocycles. The Morgan fingerprint density at radius 3 is 1.41 bits per heavy atom. The zero-order chi connectivity index (χ0) is 51.8. The van der Waals surface area contributed by atoms with Crippen molar-refractivity contribution in [2.24, 2.45) is 5.92 Å². The highest BCUT2D eigenvalue weighted by atomic mass is 16.7. The van der Waals surface area contributed by atoms with Crippen LogP contribution in [-0.4, -0.2) is 119 Å². The van der Waals surface area contributed by atoms with Crippen LogP contribution >= 0.6 is 0 Å². The van der Waals surface area contributed by atoms with Gasteiger partial charge in [-0.15, -0.1) is 0 Å². The van der Waals surface area contributed by atoms with E-state index in [4.69, 9.17) is 23.7 Å². The maximum Gasteiger partial charge on any atom is 0.308 e. The largest absolute Gasteiger partial charge is 0.468 e. The SMILES string of the molecule is CC/C=C\CCCCOC(CCC(=O)OCCCCCCCN(CCCCCCCOC=O)CCN(CCO)CCCCCCCCCOC(=O)C(CCCC)CCCCCC)OCCCC/C=C\CC. The summed E-state index contributed by atoms with van der Waals surface area (Å²) in [5, 5.41) is 9.89. The Balaban J connectivity index is 4.61. The number of hydrogen-bond donors (Lipinski definition) is 1. The molecule has 0 aliphatic carbocycles. The Morgan fingerprint density at radius 1 is 0.451 bits per heavy atom. The Labute approximate surface area is 437 Å². The van der Waals surface area contributed by atoms with Crippen molar-refractivity contribution < 1.29 is 43.2 Å². The molecule has 11 nitrogen and oxygen atoms in total. The van der Waals surface area contributed by atoms with Crippen LogP contribution < -0.4 is 0 Å². The lowest BCUT2D eigenvalue weighted by molar-refractivity contribution is -0.159. The third-order valence-corrected chi connectivity index (χ3v) is 13.4. The van der Waals surface area contributed by atoms with Crippen molar-refractivity contribution in [3.05, 3.63) is 24.3 Å². The quantitative estimate of drug-likeness (QED) is 0.0156. The van der Waals surface area contributed by atoms with Gasteiger partial charge in [0.2, 0.25) is 0 Å². The van der Waals surface area contributed by atoms with Crippen LogP contribution in [0.3, 0.4) is 0 Å². The zero-order valence-electron chi connectivity index (χ0n) is 46.9. The van der Waals surface area contributed by atoms with Crippen molar-refractivity contribution in [2.45, 2.75) is 259 Å². The van der Waals surface area contributed by atoms with E-state index >= 15 is 0 Å². The third kappa shape index (κ3) is 49.7. The van der Waals surface area contributed by atoms with Crippen LogP contribution in [0.15, 0.2) is 24.3 Å². The fourth-order valence-corrected chi connectivity index (χ4v) is 8.86. The standard InChI is InChI=1S/C60H114N2O9/c1-5-9-13-16-27-37-53-69-59(70-54-38-28-17-14-10-6-2)43-42-58(65)68-52-36-30-22-25-33-45-61(44-32-24-21-26-35-51-67-56-64)47-48-62(49-50-63)46-34-23-19-18-20-29-39-55-71-60(66)57(40-12-8-4)41-31-15-11-7-3/h9-10,13-14,56-57,59,63H,5-8,11-12,15-55H2,1-4H3/b13-9-,14-10-. The number of nitrogens with zero attached hydrogens (tertiary/aromatic N) is 2. The monoisotopic (exact) mass is 1010 g/mol. The highest BCUT2D eigenvalue weighted by molar-refractivity contribution is 5.72. The summed E-state index contributed by atoms with van der Waals surface area (Å²) >= 11 is 0. The van der Waals surface area contributed by atoms with E-state index in [2.05, 4.69) is 61.8 Å². The first-order chi connectivity index (χ1) is 34.9. The van der Waals surface area contributed by atoms with E-state index < -0.39 is 0 Å². The second-order valence-corrected chi connectivity index (χ2v) is 19.9. The first kappa shape index (κ1) is 68.7. The van der Waals surface area contributed by atoms with Crippen LogP contribution in [0.2, 0.25) is 0 Å². The molecule has 1 N–H and O–H groups in total. The van der Waals surface area contributed by atoms with Crippen molar-refractivity contribution in [1.29, 1.82) is 0 Å². The Morgan fingerprint density at radius 2 is 0.901 bits per heavy atom. The predicted octanol–water partition coefficient (Wildman–Crippen LogP) is 14.7. The lowest BCUT2D eigenvalue weighted by atomic mass is 9.95. The molecule has 0 amide bonds. The average Bonchev–Trinajstić information content (AvgIpc) is 3.37. The van der Waals surface area contributed by atoms with Crippen LogP contribution in [0.4, 0.5) is 0 Å². The van der Waals surface area contributed by atoms with E-state index in [9.17, 15) is 19.5 Å². The second-order valence-electron chi connectivity index (χ2n) is 19.9. The maximum atomic E-state index is 12.8. The molecule has 0 saturated heterocycles. The molecule has 0 aromatic rings. The topological polar surface area (TPSA) is 124 Å². The summed E-state index contributed by atoms with van der Waals surface area (Å²) in [6, 6.07) is 0. The number of esters is 2. The second kappa shape index (κ2) is 57.0. The number of carbonyl (C=O) groups is 3. The van der Waals surface area contributed by atoms with E-state index in [1.54, 1.807) is 0 Å². The molecule has 0 fully saturated rings. The summed E-state index contributed by atoms with van der Waals surface area (Å²) < 4.78 is 28.4. The molecule has 0 radical (unpaired) electrons. The van der Waals surface area contributed by atoms with Crippen molar-refractivity contribution in [3.8, 4) is 0 Å². The molecule has 0 bridgehead atoms. The molecule has 11 heteroatoms. The smallest absolute Gasteiger partial charge is 0.308 e. The molecule has 1 unspecified atom stereocenters. The summed E-state index contributed by atoms with van der Waals surface area (Å²) in [7, 11) is 0. The van der Waals surface area contributed by atoms with Gasteiger partial charge in [0.25, 0.3) is 6.47 Å². The highest BCUT2D eigenvalue weighted by Crippen LogP contribution is 2.20. The Kier molecular flexibility index (Phi) is 55.1. The molecule has 418 valence electrons. The van der Waals surface area contributed by atoms with Gasteiger partial charge in [0, 0.05) is 39.3 Å². The van der Waals surface area contributed by atoms with Gasteiger partial charge in [-0.2, -0.15) is 0 Å². The molecule has 0 spiro atoms. The van der Waals surface area contributed by atoms with Crippen molar-refractivity contribution in [3.63, 3.8) is 0 Å². The molecule has 1 atom stereocenters. The fraction of sp³-hybridized carbons (Fsp3) is 0.883. The summed E-state index contributed by atoms with van der Waals surface area (Å²) in [6.07, 6.45) is 45.7. The number of ether oxygens (including phenoxy) is 5. The normalized spacial score (nSPS) is 12.3. The number of allylic oxidation sites excluding steroid dienone is 4. The molecule has 0 aromatic heterocycles. The number of aliphatic hydroxyl groups is 1. The van der Waals surface area contributed by atoms with Gasteiger partial charge in [-0.1, -0.05) is 161 Å². The van der Waals surface area contributed by atoms with Crippen LogP contribution in [0.1, 0.15) is 252 Å². The minimum Gasteiger partial charge on any atom is -0.468 e. The van der Waals surface area contributed by atoms with E-state index in [0.717, 1.165) is 200 Å². The number of aliphatic hydroxyl groups excluding tert-OH is 1. The van der Waals surface area contributed by atoms with Crippen LogP contribution in [0.5, 0.6) is 0 Å². The Bertz CT molecular complexity index is 1160. The van der Waals surface area contributed by atoms with Gasteiger partial charge in [-0.3, -0.25) is 19.3 Å². The predicted molar refractivity (Wildman–Crippen MR) is 296 cm³/mol. The summed E-state index contributed by atoms with van der Waals surface area (Å²) in [5.41, 5.74) is 0. The average molecular weight is 1010 g/mol. The highest BCUT2D eigenvalue weighted by Gasteiger charge is 2.19. The van der Waals surface area contributed by atoms with Crippen LogP contribution in [0, 0.1) is 5.92 Å². The lowest BCUT2D eigenvalue weighted by Gasteiger charge is -2.27. The zero-order valence-corrected chi connectivity index (χ0v) is 46.9. The first-order valence-electron chi connectivity index (χ1n) is 29.9. The molecular weight excluding hydrogens is 893 g/mol. The van der Waals surface area contributed by atoms with Gasteiger partial charge in [0.15, 0.2) is 6.29 Å². The molecule has 0 aliphatic heterocycles. The number of carbonyl (C=O) groups excluding carboxylic acids is 3.